The number of hydrogen-bond acceptors (Lipinski definition) is 8. The first kappa shape index (κ1) is 43.9. The van der Waals surface area contributed by atoms with Crippen LogP contribution in [0.25, 0.3) is 10.9 Å². The number of aromatic nitrogens is 1. The molecule has 1 saturated heterocycles. The third kappa shape index (κ3) is 10.2. The molecule has 5 fully saturated rings. The van der Waals surface area contributed by atoms with E-state index in [4.69, 9.17) is 5.73 Å². The molecule has 4 amide bonds. The van der Waals surface area contributed by atoms with Crippen LogP contribution >= 0.6 is 0 Å². The van der Waals surface area contributed by atoms with Gasteiger partial charge in [-0.2, -0.15) is 0 Å². The van der Waals surface area contributed by atoms with Gasteiger partial charge in [0.25, 0.3) is 5.69 Å². The largest absolute Gasteiger partial charge is 0.368 e. The van der Waals surface area contributed by atoms with E-state index < -0.39 is 29.0 Å². The maximum atomic E-state index is 14.9. The molecule has 3 aromatic carbocycles. The Labute approximate surface area is 369 Å². The Morgan fingerprint density at radius 2 is 1.49 bits per heavy atom. The predicted octanol–water partition coefficient (Wildman–Crippen LogP) is 5.74. The molecule has 4 bridgehead atoms. The summed E-state index contributed by atoms with van der Waals surface area (Å²) in [5.41, 5.74) is 9.38. The highest BCUT2D eigenvalue weighted by molar-refractivity contribution is 5.95. The summed E-state index contributed by atoms with van der Waals surface area (Å²) in [7, 11) is 1.63. The van der Waals surface area contributed by atoms with E-state index in [1.807, 2.05) is 60.8 Å². The first-order valence-corrected chi connectivity index (χ1v) is 22.9. The van der Waals surface area contributed by atoms with Crippen molar-refractivity contribution in [2.24, 2.45) is 28.9 Å². The van der Waals surface area contributed by atoms with Crippen LogP contribution in [0.2, 0.25) is 0 Å². The Hall–Kier alpha value is -5.76. The van der Waals surface area contributed by atoms with Gasteiger partial charge >= 0.3 is 0 Å². The van der Waals surface area contributed by atoms with Crippen molar-refractivity contribution in [3.8, 4) is 0 Å². The third-order valence-electron chi connectivity index (χ3n) is 14.4. The van der Waals surface area contributed by atoms with Crippen molar-refractivity contribution in [3.63, 3.8) is 0 Å². The molecule has 4 aliphatic carbocycles. The smallest absolute Gasteiger partial charge is 0.269 e. The van der Waals surface area contributed by atoms with Crippen molar-refractivity contribution in [3.05, 3.63) is 106 Å². The number of aromatic amines is 1. The summed E-state index contributed by atoms with van der Waals surface area (Å²) in [4.78, 5) is 77.7. The number of piperazine rings is 1. The van der Waals surface area contributed by atoms with Gasteiger partial charge in [-0.1, -0.05) is 48.5 Å². The van der Waals surface area contributed by atoms with Crippen LogP contribution in [0.5, 0.6) is 0 Å². The van der Waals surface area contributed by atoms with E-state index in [0.29, 0.717) is 76.2 Å². The molecule has 5 N–H and O–H groups in total. The molecule has 5 aliphatic rings. The number of rotatable bonds is 18. The molecule has 14 heteroatoms. The summed E-state index contributed by atoms with van der Waals surface area (Å²) < 4.78 is 0. The van der Waals surface area contributed by atoms with Crippen molar-refractivity contribution in [2.45, 2.75) is 95.2 Å². The van der Waals surface area contributed by atoms with Crippen molar-refractivity contribution in [2.75, 3.05) is 44.7 Å². The number of nitrogens with zero attached hydrogens (tertiary/aromatic N) is 4. The summed E-state index contributed by atoms with van der Waals surface area (Å²) in [5, 5.41) is 18.5. The standard InChI is InChI=1S/C49H62N8O6/c1-54(47(60)42(13-7-8-18-50)52-45(58)31-49-28-34-23-35(29-49)25-36(24-34)30-49)44(26-33-9-3-2-4-10-33)46(59)53-43(27-37-32-51-41-12-6-5-11-40(37)41)48(61)56-21-19-55(20-22-56)38-14-16-39(17-15-38)57(62)63/h2-6,9-12,14-17,32,34-36,42-44,51H,7-8,13,18-31,50H2,1H3,(H,52,58)(H,53,59)/t34?,35?,36?,42-,43-,44-,49?/m1/s1. The van der Waals surface area contributed by atoms with E-state index in [-0.39, 0.29) is 41.7 Å². The second kappa shape index (κ2) is 19.3. The fraction of sp³-hybridized carbons (Fsp3) is 0.510. The SMILES string of the molecule is CN(C(=O)[C@@H](CCCCN)NC(=O)CC12CC3CC(CC(C3)C1)C2)[C@H](Cc1ccccc1)C(=O)N[C@H](Cc1c[nH]c2ccccc12)C(=O)N1CCN(c2ccc([N+](=O)[O-])cc2)CC1. The lowest BCUT2D eigenvalue weighted by Crippen LogP contribution is -2.60. The molecule has 334 valence electrons. The van der Waals surface area contributed by atoms with Crippen LogP contribution in [-0.4, -0.2) is 101 Å². The lowest BCUT2D eigenvalue weighted by molar-refractivity contribution is -0.384. The Bertz CT molecular complexity index is 2220. The number of H-pyrrole nitrogens is 1. The van der Waals surface area contributed by atoms with Crippen molar-refractivity contribution in [1.82, 2.24) is 25.4 Å². The minimum absolute atomic E-state index is 0.00896. The summed E-state index contributed by atoms with van der Waals surface area (Å²) >= 11 is 0. The average molecular weight is 859 g/mol. The molecule has 0 spiro atoms. The van der Waals surface area contributed by atoms with Crippen LogP contribution in [0, 0.1) is 33.3 Å². The number of hydrogen-bond donors (Lipinski definition) is 4. The third-order valence-corrected chi connectivity index (χ3v) is 14.4. The zero-order chi connectivity index (χ0) is 44.1. The minimum atomic E-state index is -0.991. The minimum Gasteiger partial charge on any atom is -0.368 e. The number of non-ortho nitro benzene ring substituents is 1. The highest BCUT2D eigenvalue weighted by Gasteiger charge is 2.51. The first-order chi connectivity index (χ1) is 30.5. The Morgan fingerprint density at radius 1 is 0.841 bits per heavy atom. The molecule has 4 aromatic rings. The number of unbranched alkanes of at least 4 members (excludes halogenated alkanes) is 1. The van der Waals surface area contributed by atoms with Crippen LogP contribution in [0.15, 0.2) is 85.1 Å². The molecule has 4 saturated carbocycles. The van der Waals surface area contributed by atoms with E-state index in [1.54, 1.807) is 24.1 Å². The number of fused-ring (bicyclic) bond motifs is 1. The number of carbonyl (C=O) groups is 4. The van der Waals surface area contributed by atoms with Gasteiger partial charge in [0.2, 0.25) is 23.6 Å². The van der Waals surface area contributed by atoms with E-state index in [1.165, 1.54) is 36.3 Å². The predicted molar refractivity (Wildman–Crippen MR) is 243 cm³/mol. The van der Waals surface area contributed by atoms with Crippen LogP contribution in [-0.2, 0) is 32.0 Å². The van der Waals surface area contributed by atoms with Gasteiger partial charge in [-0.15, -0.1) is 0 Å². The molecular formula is C49H62N8O6. The normalized spacial score (nSPS) is 22.9. The summed E-state index contributed by atoms with van der Waals surface area (Å²) in [6, 6.07) is 21.0. The zero-order valence-corrected chi connectivity index (χ0v) is 36.4. The van der Waals surface area contributed by atoms with Gasteiger partial charge in [-0.25, -0.2) is 0 Å². The first-order valence-electron chi connectivity index (χ1n) is 22.9. The number of nitrogens with one attached hydrogen (secondary N) is 3. The maximum Gasteiger partial charge on any atom is 0.269 e. The number of para-hydroxylation sites is 1. The molecule has 2 heterocycles. The highest BCUT2D eigenvalue weighted by atomic mass is 16.6. The van der Waals surface area contributed by atoms with Gasteiger partial charge in [-0.05, 0) is 117 Å². The monoisotopic (exact) mass is 858 g/mol. The zero-order valence-electron chi connectivity index (χ0n) is 36.4. The second-order valence-corrected chi connectivity index (χ2v) is 18.9. The van der Waals surface area contributed by atoms with Crippen molar-refractivity contribution >= 4 is 45.9 Å². The molecule has 63 heavy (non-hydrogen) atoms. The van der Waals surface area contributed by atoms with Gasteiger partial charge in [-0.3, -0.25) is 29.3 Å². The number of carbonyl (C=O) groups excluding carboxylic acids is 4. The molecule has 9 rings (SSSR count). The summed E-state index contributed by atoms with van der Waals surface area (Å²) in [6.07, 6.45) is 11.6. The van der Waals surface area contributed by atoms with Gasteiger partial charge in [0.05, 0.1) is 4.92 Å². The van der Waals surface area contributed by atoms with Gasteiger partial charge in [0.15, 0.2) is 0 Å². The molecular weight excluding hydrogens is 797 g/mol. The van der Waals surface area contributed by atoms with Gasteiger partial charge < -0.3 is 36.1 Å². The lowest BCUT2D eigenvalue weighted by atomic mass is 9.49. The topological polar surface area (TPSA) is 187 Å². The fourth-order valence-electron chi connectivity index (χ4n) is 11.7. The molecule has 0 unspecified atom stereocenters. The average Bonchev–Trinajstić information content (AvgIpc) is 3.69. The number of nitro groups is 1. The van der Waals surface area contributed by atoms with E-state index in [2.05, 4.69) is 20.5 Å². The lowest BCUT2D eigenvalue weighted by Gasteiger charge is -2.56. The number of amides is 4. The summed E-state index contributed by atoms with van der Waals surface area (Å²) in [5.74, 6) is 0.968. The molecule has 1 aromatic heterocycles. The number of anilines is 1. The van der Waals surface area contributed by atoms with Crippen molar-refractivity contribution in [1.29, 1.82) is 0 Å². The Balaban J connectivity index is 1.01. The number of likely N-dealkylation sites (N-methyl/N-ethyl adjacent to an activating group) is 1. The summed E-state index contributed by atoms with van der Waals surface area (Å²) in [6.45, 7) is 2.25. The fourth-order valence-corrected chi connectivity index (χ4v) is 11.7. The van der Waals surface area contributed by atoms with E-state index in [0.717, 1.165) is 47.0 Å². The maximum absolute atomic E-state index is 14.9. The van der Waals surface area contributed by atoms with Crippen LogP contribution in [0.3, 0.4) is 0 Å². The quantitative estimate of drug-likeness (QED) is 0.0554. The number of benzene rings is 3. The Kier molecular flexibility index (Phi) is 13.5. The van der Waals surface area contributed by atoms with Crippen LogP contribution in [0.4, 0.5) is 11.4 Å². The highest BCUT2D eigenvalue weighted by Crippen LogP contribution is 2.61. The van der Waals surface area contributed by atoms with Gasteiger partial charge in [0.1, 0.15) is 18.1 Å². The molecule has 3 atom stereocenters. The number of nitro benzene ring substituents is 1. The van der Waals surface area contributed by atoms with Crippen LogP contribution in [0.1, 0.15) is 75.3 Å². The molecule has 1 aliphatic heterocycles. The van der Waals surface area contributed by atoms with Crippen molar-refractivity contribution < 1.29 is 24.1 Å². The number of nitrogens with two attached hydrogens (primary N) is 1. The molecule has 14 nitrogen and oxygen atoms in total. The van der Waals surface area contributed by atoms with E-state index in [9.17, 15) is 29.3 Å². The Morgan fingerprint density at radius 3 is 2.14 bits per heavy atom. The van der Waals surface area contributed by atoms with E-state index >= 15 is 0 Å². The van der Waals surface area contributed by atoms with Crippen LogP contribution < -0.4 is 21.3 Å². The second-order valence-electron chi connectivity index (χ2n) is 18.9. The molecule has 0 radical (unpaired) electrons. The van der Waals surface area contributed by atoms with Gasteiger partial charge in [0, 0.05) is 87.4 Å².